The number of sulfone groups is 1. The second-order valence-electron chi connectivity index (χ2n) is 5.95. The highest BCUT2D eigenvalue weighted by Crippen LogP contribution is 2.21. The quantitative estimate of drug-likeness (QED) is 0.632. The zero-order valence-electron chi connectivity index (χ0n) is 14.0. The molecule has 1 aliphatic carbocycles. The van der Waals surface area contributed by atoms with E-state index < -0.39 is 21.1 Å². The Morgan fingerprint density at radius 1 is 1.08 bits per heavy atom. The summed E-state index contributed by atoms with van der Waals surface area (Å²) < 4.78 is 25.4. The van der Waals surface area contributed by atoms with E-state index in [9.17, 15) is 13.2 Å². The number of rotatable bonds is 4. The highest BCUT2D eigenvalue weighted by Gasteiger charge is 2.30. The summed E-state index contributed by atoms with van der Waals surface area (Å²) in [5.41, 5.74) is 12.1. The summed E-state index contributed by atoms with van der Waals surface area (Å²) in [5.74, 6) is -1.02. The van der Waals surface area contributed by atoms with Crippen LogP contribution in [-0.2, 0) is 14.6 Å². The van der Waals surface area contributed by atoms with Crippen molar-refractivity contribution in [2.45, 2.75) is 23.1 Å². The van der Waals surface area contributed by atoms with E-state index in [0.29, 0.717) is 5.57 Å². The zero-order valence-corrected chi connectivity index (χ0v) is 14.8. The summed E-state index contributed by atoms with van der Waals surface area (Å²) in [6, 6.07) is 11.9. The maximum Gasteiger partial charge on any atom is 0.280 e. The molecule has 0 bridgehead atoms. The number of allylic oxidation sites excluding steroid dienone is 2. The first-order chi connectivity index (χ1) is 12.4. The van der Waals surface area contributed by atoms with Crippen molar-refractivity contribution in [3.05, 3.63) is 66.3 Å². The molecule has 1 atom stereocenters. The second kappa shape index (κ2) is 7.23. The fourth-order valence-corrected chi connectivity index (χ4v) is 3.83. The molecular weight excluding hydrogens is 350 g/mol. The van der Waals surface area contributed by atoms with E-state index in [1.165, 1.54) is 12.1 Å². The summed E-state index contributed by atoms with van der Waals surface area (Å²) in [5, 5.41) is -0.172. The molecule has 0 saturated heterocycles. The lowest BCUT2D eigenvalue weighted by Crippen LogP contribution is -2.38. The molecule has 1 aliphatic rings. The third-order valence-corrected chi connectivity index (χ3v) is 5.93. The lowest BCUT2D eigenvalue weighted by Gasteiger charge is -2.12. The van der Waals surface area contributed by atoms with Crippen LogP contribution in [0.2, 0.25) is 0 Å². The van der Waals surface area contributed by atoms with Gasteiger partial charge in [0.1, 0.15) is 5.84 Å². The number of carbonyl (C=O) groups excluding carboxylic acids is 1. The normalized spacial score (nSPS) is 16.3. The van der Waals surface area contributed by atoms with Crippen LogP contribution in [0.1, 0.15) is 12.8 Å². The number of fused-ring (bicyclic) bond motifs is 1. The molecule has 0 fully saturated rings. The monoisotopic (exact) mass is 369 g/mol. The Balaban J connectivity index is 1.88. The maximum absolute atomic E-state index is 12.7. The Morgan fingerprint density at radius 2 is 1.81 bits per heavy atom. The first-order valence-electron chi connectivity index (χ1n) is 8.13. The predicted octanol–water partition coefficient (Wildman–Crippen LogP) is 2.06. The lowest BCUT2D eigenvalue weighted by atomic mass is 10.1. The fourth-order valence-electron chi connectivity index (χ4n) is 2.67. The summed E-state index contributed by atoms with van der Waals surface area (Å²) in [7, 11) is -4.08. The Hall–Kier alpha value is -2.77. The third kappa shape index (κ3) is 3.58. The van der Waals surface area contributed by atoms with E-state index in [-0.39, 0.29) is 10.7 Å². The lowest BCUT2D eigenvalue weighted by molar-refractivity contribution is -0.117. The summed E-state index contributed by atoms with van der Waals surface area (Å²) in [6.45, 7) is 0. The number of nitrogens with two attached hydrogens (primary N) is 2. The van der Waals surface area contributed by atoms with Crippen LogP contribution in [-0.4, -0.2) is 25.5 Å². The average Bonchev–Trinajstić information content (AvgIpc) is 2.67. The molecule has 0 aliphatic heterocycles. The first kappa shape index (κ1) is 18.0. The third-order valence-electron chi connectivity index (χ3n) is 4.15. The van der Waals surface area contributed by atoms with Gasteiger partial charge in [0.25, 0.3) is 5.91 Å². The summed E-state index contributed by atoms with van der Waals surface area (Å²) in [6.07, 6.45) is 7.18. The number of amidine groups is 1. The maximum atomic E-state index is 12.7. The van der Waals surface area contributed by atoms with Crippen LogP contribution in [0.15, 0.2) is 76.2 Å². The Labute approximate surface area is 151 Å². The van der Waals surface area contributed by atoms with Gasteiger partial charge < -0.3 is 11.5 Å². The van der Waals surface area contributed by atoms with Crippen LogP contribution in [0.3, 0.4) is 0 Å². The number of amides is 1. The van der Waals surface area contributed by atoms with Crippen molar-refractivity contribution in [3.8, 4) is 0 Å². The standard InChI is InChI=1S/C19H19N3O3S/c20-17(14-7-2-1-3-8-14)22-19(23)18(21)26(24,25)16-11-10-13-6-4-5-9-15(13)12-16/h2,4-12,18H,1,3,21H2,(H2,20,22,23). The van der Waals surface area contributed by atoms with Crippen LogP contribution in [0.5, 0.6) is 0 Å². The number of aliphatic imine (C=N–C) groups is 1. The van der Waals surface area contributed by atoms with Crippen LogP contribution in [0.4, 0.5) is 0 Å². The fraction of sp³-hybridized carbons (Fsp3) is 0.158. The van der Waals surface area contributed by atoms with Crippen molar-refractivity contribution in [1.82, 2.24) is 0 Å². The number of hydrogen-bond donors (Lipinski definition) is 2. The molecule has 0 spiro atoms. The van der Waals surface area contributed by atoms with Crippen LogP contribution < -0.4 is 11.5 Å². The van der Waals surface area contributed by atoms with Crippen molar-refractivity contribution >= 4 is 32.4 Å². The van der Waals surface area contributed by atoms with E-state index in [4.69, 9.17) is 11.5 Å². The molecule has 0 saturated carbocycles. The van der Waals surface area contributed by atoms with Gasteiger partial charge in [0, 0.05) is 5.57 Å². The minimum Gasteiger partial charge on any atom is -0.383 e. The number of hydrogen-bond acceptors (Lipinski definition) is 4. The Kier molecular flexibility index (Phi) is 5.01. The predicted molar refractivity (Wildman–Crippen MR) is 102 cm³/mol. The van der Waals surface area contributed by atoms with Crippen molar-refractivity contribution < 1.29 is 13.2 Å². The molecule has 1 amide bonds. The second-order valence-corrected chi connectivity index (χ2v) is 8.02. The highest BCUT2D eigenvalue weighted by atomic mass is 32.2. The molecule has 4 N–H and O–H groups in total. The molecule has 26 heavy (non-hydrogen) atoms. The van der Waals surface area contributed by atoms with E-state index in [0.717, 1.165) is 23.6 Å². The molecule has 134 valence electrons. The van der Waals surface area contributed by atoms with Gasteiger partial charge >= 0.3 is 0 Å². The SMILES string of the molecule is NC(=NC(=O)C(N)S(=O)(=O)c1ccc2ccccc2c1)C1=CCCC=C1. The molecule has 0 heterocycles. The zero-order chi connectivity index (χ0) is 18.7. The van der Waals surface area contributed by atoms with Gasteiger partial charge in [0.2, 0.25) is 9.84 Å². The number of carbonyl (C=O) groups is 1. The molecule has 6 nitrogen and oxygen atoms in total. The van der Waals surface area contributed by atoms with Gasteiger partial charge in [-0.15, -0.1) is 0 Å². The van der Waals surface area contributed by atoms with Crippen LogP contribution in [0.25, 0.3) is 10.8 Å². The number of benzene rings is 2. The van der Waals surface area contributed by atoms with Gasteiger partial charge in [0.05, 0.1) is 4.90 Å². The van der Waals surface area contributed by atoms with E-state index in [1.807, 2.05) is 24.3 Å². The molecule has 3 rings (SSSR count). The van der Waals surface area contributed by atoms with Crippen molar-refractivity contribution in [2.24, 2.45) is 16.5 Å². The Bertz CT molecular complexity index is 1050. The number of nitrogens with zero attached hydrogens (tertiary/aromatic N) is 1. The summed E-state index contributed by atoms with van der Waals surface area (Å²) in [4.78, 5) is 15.9. The minimum absolute atomic E-state index is 0.0254. The van der Waals surface area contributed by atoms with Crippen molar-refractivity contribution in [3.63, 3.8) is 0 Å². The molecule has 7 heteroatoms. The smallest absolute Gasteiger partial charge is 0.280 e. The minimum atomic E-state index is -4.08. The van der Waals surface area contributed by atoms with Crippen molar-refractivity contribution in [2.75, 3.05) is 0 Å². The van der Waals surface area contributed by atoms with Crippen molar-refractivity contribution in [1.29, 1.82) is 0 Å². The van der Waals surface area contributed by atoms with E-state index in [1.54, 1.807) is 24.3 Å². The van der Waals surface area contributed by atoms with Gasteiger partial charge in [-0.2, -0.15) is 4.99 Å². The van der Waals surface area contributed by atoms with Crippen LogP contribution >= 0.6 is 0 Å². The molecular formula is C19H19N3O3S. The Morgan fingerprint density at radius 3 is 2.50 bits per heavy atom. The van der Waals surface area contributed by atoms with Gasteiger partial charge in [0.15, 0.2) is 5.37 Å². The van der Waals surface area contributed by atoms with Gasteiger partial charge in [-0.1, -0.05) is 48.6 Å². The molecule has 2 aromatic rings. The average molecular weight is 369 g/mol. The van der Waals surface area contributed by atoms with Gasteiger partial charge in [-0.25, -0.2) is 8.42 Å². The van der Waals surface area contributed by atoms with Crippen LogP contribution in [0, 0.1) is 0 Å². The van der Waals surface area contributed by atoms with E-state index >= 15 is 0 Å². The van der Waals surface area contributed by atoms with Gasteiger partial charge in [-0.05, 0) is 35.7 Å². The largest absolute Gasteiger partial charge is 0.383 e. The first-order valence-corrected chi connectivity index (χ1v) is 9.67. The molecule has 1 unspecified atom stereocenters. The van der Waals surface area contributed by atoms with E-state index in [2.05, 4.69) is 4.99 Å². The summed E-state index contributed by atoms with van der Waals surface area (Å²) >= 11 is 0. The molecule has 0 radical (unpaired) electrons. The highest BCUT2D eigenvalue weighted by molar-refractivity contribution is 7.92. The topological polar surface area (TPSA) is 116 Å². The molecule has 2 aromatic carbocycles. The molecule has 0 aromatic heterocycles. The van der Waals surface area contributed by atoms with Gasteiger partial charge in [-0.3, -0.25) is 4.79 Å².